The van der Waals surface area contributed by atoms with Crippen molar-refractivity contribution in [2.45, 2.75) is 32.7 Å². The van der Waals surface area contributed by atoms with E-state index < -0.39 is 0 Å². The minimum absolute atomic E-state index is 0.142. The van der Waals surface area contributed by atoms with Crippen LogP contribution >= 0.6 is 11.5 Å². The smallest absolute Gasteiger partial charge is 0.265 e. The van der Waals surface area contributed by atoms with Crippen molar-refractivity contribution >= 4 is 17.4 Å². The van der Waals surface area contributed by atoms with Crippen LogP contribution in [0.25, 0.3) is 0 Å². The first-order valence-electron chi connectivity index (χ1n) is 7.70. The zero-order chi connectivity index (χ0) is 16.2. The highest BCUT2D eigenvalue weighted by Gasteiger charge is 2.19. The van der Waals surface area contributed by atoms with Crippen LogP contribution in [0.5, 0.6) is 11.5 Å². The quantitative estimate of drug-likeness (QED) is 0.931. The average Bonchev–Trinajstić information content (AvgIpc) is 2.92. The highest BCUT2D eigenvalue weighted by atomic mass is 32.1. The van der Waals surface area contributed by atoms with Crippen LogP contribution in [-0.4, -0.2) is 28.7 Å². The van der Waals surface area contributed by atoms with Crippen molar-refractivity contribution in [1.29, 1.82) is 0 Å². The first-order chi connectivity index (χ1) is 11.2. The van der Waals surface area contributed by atoms with Gasteiger partial charge in [-0.3, -0.25) is 4.79 Å². The van der Waals surface area contributed by atoms with Crippen LogP contribution in [0.1, 0.15) is 47.2 Å². The zero-order valence-electron chi connectivity index (χ0n) is 13.2. The van der Waals surface area contributed by atoms with Gasteiger partial charge in [0.15, 0.2) is 11.5 Å². The lowest BCUT2D eigenvalue weighted by Crippen LogP contribution is -2.26. The van der Waals surface area contributed by atoms with Crippen LogP contribution in [0, 0.1) is 0 Å². The average molecular weight is 333 g/mol. The number of fused-ring (bicyclic) bond motifs is 1. The lowest BCUT2D eigenvalue weighted by Gasteiger charge is -2.16. The lowest BCUT2D eigenvalue weighted by atomic mass is 10.1. The third kappa shape index (κ3) is 3.44. The molecule has 2 aromatic rings. The zero-order valence-corrected chi connectivity index (χ0v) is 14.0. The van der Waals surface area contributed by atoms with E-state index in [0.717, 1.165) is 40.7 Å². The molecular weight excluding hydrogens is 314 g/mol. The van der Waals surface area contributed by atoms with Crippen LogP contribution in [0.3, 0.4) is 0 Å². The Balaban J connectivity index is 1.74. The van der Waals surface area contributed by atoms with Crippen LogP contribution in [0.2, 0.25) is 0 Å². The fourth-order valence-electron chi connectivity index (χ4n) is 2.41. The molecule has 122 valence electrons. The van der Waals surface area contributed by atoms with Gasteiger partial charge in [0.1, 0.15) is 4.88 Å². The van der Waals surface area contributed by atoms with Gasteiger partial charge in [-0.25, -0.2) is 0 Å². The molecule has 1 N–H and O–H groups in total. The number of aromatic nitrogens is 2. The van der Waals surface area contributed by atoms with Crippen molar-refractivity contribution in [1.82, 2.24) is 14.9 Å². The maximum atomic E-state index is 12.4. The Kier molecular flexibility index (Phi) is 4.76. The molecule has 0 bridgehead atoms. The van der Waals surface area contributed by atoms with Gasteiger partial charge in [-0.05, 0) is 42.6 Å². The molecule has 1 aromatic carbocycles. The maximum Gasteiger partial charge on any atom is 0.265 e. The molecule has 3 rings (SSSR count). The summed E-state index contributed by atoms with van der Waals surface area (Å²) in [6.45, 7) is 5.21. The number of rotatable bonds is 4. The molecule has 0 spiro atoms. The molecule has 6 nitrogen and oxygen atoms in total. The Morgan fingerprint density at radius 1 is 1.35 bits per heavy atom. The van der Waals surface area contributed by atoms with Crippen LogP contribution < -0.4 is 14.8 Å². The highest BCUT2D eigenvalue weighted by molar-refractivity contribution is 7.08. The van der Waals surface area contributed by atoms with E-state index in [-0.39, 0.29) is 11.9 Å². The first kappa shape index (κ1) is 15.7. The minimum Gasteiger partial charge on any atom is -0.490 e. The summed E-state index contributed by atoms with van der Waals surface area (Å²) in [7, 11) is 0. The van der Waals surface area contributed by atoms with Gasteiger partial charge in [0.25, 0.3) is 5.91 Å². The van der Waals surface area contributed by atoms with E-state index >= 15 is 0 Å². The number of carbonyl (C=O) groups excluding carboxylic acids is 1. The van der Waals surface area contributed by atoms with Gasteiger partial charge in [-0.15, -0.1) is 5.10 Å². The Hall–Kier alpha value is -2.15. The van der Waals surface area contributed by atoms with E-state index in [1.54, 1.807) is 0 Å². The van der Waals surface area contributed by atoms with Crippen molar-refractivity contribution < 1.29 is 14.3 Å². The summed E-state index contributed by atoms with van der Waals surface area (Å²) >= 11 is 1.13. The summed E-state index contributed by atoms with van der Waals surface area (Å²) in [5.74, 6) is 1.34. The molecular formula is C16H19N3O3S. The number of aryl methyl sites for hydroxylation is 1. The molecule has 1 aliphatic heterocycles. The van der Waals surface area contributed by atoms with Gasteiger partial charge >= 0.3 is 0 Å². The van der Waals surface area contributed by atoms with Crippen molar-refractivity contribution in [2.24, 2.45) is 0 Å². The second kappa shape index (κ2) is 6.95. The number of nitrogens with zero attached hydrogens (tertiary/aromatic N) is 2. The van der Waals surface area contributed by atoms with Crippen LogP contribution in [0.4, 0.5) is 0 Å². The summed E-state index contributed by atoms with van der Waals surface area (Å²) in [5, 5.41) is 6.97. The predicted molar refractivity (Wildman–Crippen MR) is 87.2 cm³/mol. The molecule has 2 heterocycles. The highest BCUT2D eigenvalue weighted by Crippen LogP contribution is 2.32. The Morgan fingerprint density at radius 2 is 2.13 bits per heavy atom. The molecule has 0 saturated carbocycles. The third-order valence-corrected chi connectivity index (χ3v) is 4.48. The molecule has 7 heteroatoms. The Labute approximate surface area is 139 Å². The topological polar surface area (TPSA) is 73.3 Å². The number of hydrogen-bond donors (Lipinski definition) is 1. The largest absolute Gasteiger partial charge is 0.490 e. The number of nitrogens with one attached hydrogen (secondary N) is 1. The molecule has 23 heavy (non-hydrogen) atoms. The van der Waals surface area contributed by atoms with E-state index in [4.69, 9.17) is 9.47 Å². The predicted octanol–water partition coefficient (Wildman–Crippen LogP) is 2.75. The summed E-state index contributed by atoms with van der Waals surface area (Å²) in [6.07, 6.45) is 1.56. The molecule has 0 aliphatic carbocycles. The maximum absolute atomic E-state index is 12.4. The Morgan fingerprint density at radius 3 is 2.91 bits per heavy atom. The van der Waals surface area contributed by atoms with E-state index in [1.165, 1.54) is 0 Å². The van der Waals surface area contributed by atoms with Crippen molar-refractivity contribution in [3.05, 3.63) is 34.3 Å². The standard InChI is InChI=1S/C16H19N3O3S/c1-3-12-15(23-19-18-12)16(20)17-10(2)11-5-6-13-14(9-11)22-8-4-7-21-13/h5-6,9-10H,3-4,7-8H2,1-2H3,(H,17,20). The molecule has 1 unspecified atom stereocenters. The van der Waals surface area contributed by atoms with Crippen molar-refractivity contribution in [2.75, 3.05) is 13.2 Å². The van der Waals surface area contributed by atoms with Gasteiger partial charge in [-0.1, -0.05) is 17.5 Å². The van der Waals surface area contributed by atoms with E-state index in [2.05, 4.69) is 14.9 Å². The molecule has 0 radical (unpaired) electrons. The number of ether oxygens (including phenoxy) is 2. The van der Waals surface area contributed by atoms with Gasteiger partial charge < -0.3 is 14.8 Å². The summed E-state index contributed by atoms with van der Waals surface area (Å²) in [6, 6.07) is 5.62. The molecule has 1 amide bonds. The first-order valence-corrected chi connectivity index (χ1v) is 8.48. The number of amides is 1. The summed E-state index contributed by atoms with van der Waals surface area (Å²) in [4.78, 5) is 13.0. The van der Waals surface area contributed by atoms with Crippen LogP contribution in [0.15, 0.2) is 18.2 Å². The second-order valence-electron chi connectivity index (χ2n) is 5.35. The van der Waals surface area contributed by atoms with Crippen molar-refractivity contribution in [3.63, 3.8) is 0 Å². The van der Waals surface area contributed by atoms with Gasteiger partial charge in [-0.2, -0.15) is 0 Å². The summed E-state index contributed by atoms with van der Waals surface area (Å²) in [5.41, 5.74) is 1.71. The number of hydrogen-bond acceptors (Lipinski definition) is 6. The second-order valence-corrected chi connectivity index (χ2v) is 6.11. The molecule has 0 fully saturated rings. The van der Waals surface area contributed by atoms with E-state index in [0.29, 0.717) is 24.5 Å². The summed E-state index contributed by atoms with van der Waals surface area (Å²) < 4.78 is 15.2. The normalized spacial score (nSPS) is 14.9. The van der Waals surface area contributed by atoms with Gasteiger partial charge in [0.05, 0.1) is 24.9 Å². The minimum atomic E-state index is -0.147. The van der Waals surface area contributed by atoms with E-state index in [1.807, 2.05) is 32.0 Å². The molecule has 0 saturated heterocycles. The fraction of sp³-hybridized carbons (Fsp3) is 0.438. The van der Waals surface area contributed by atoms with Gasteiger partial charge in [0, 0.05) is 6.42 Å². The van der Waals surface area contributed by atoms with Crippen LogP contribution in [-0.2, 0) is 6.42 Å². The Bertz CT molecular complexity index is 702. The molecule has 1 aromatic heterocycles. The fourth-order valence-corrected chi connectivity index (χ4v) is 3.06. The number of carbonyl (C=O) groups is 1. The molecule has 1 atom stereocenters. The molecule has 1 aliphatic rings. The third-order valence-electron chi connectivity index (χ3n) is 3.72. The SMILES string of the molecule is CCc1nnsc1C(=O)NC(C)c1ccc2c(c1)OCCCO2. The number of benzene rings is 1. The van der Waals surface area contributed by atoms with Gasteiger partial charge in [0.2, 0.25) is 0 Å². The lowest BCUT2D eigenvalue weighted by molar-refractivity contribution is 0.0943. The monoisotopic (exact) mass is 333 g/mol. The van der Waals surface area contributed by atoms with Crippen molar-refractivity contribution in [3.8, 4) is 11.5 Å². The van der Waals surface area contributed by atoms with E-state index in [9.17, 15) is 4.79 Å².